The number of carbonyl (C=O) groups is 1. The molecular weight excluding hydrogens is 224 g/mol. The molecular formula is C15H30N2O. The Balaban J connectivity index is 2.31. The molecule has 0 bridgehead atoms. The van der Waals surface area contributed by atoms with Crippen molar-refractivity contribution in [3.05, 3.63) is 0 Å². The van der Waals surface area contributed by atoms with Crippen molar-refractivity contribution in [1.29, 1.82) is 0 Å². The third-order valence-electron chi connectivity index (χ3n) is 4.20. The Morgan fingerprint density at radius 1 is 1.33 bits per heavy atom. The molecule has 0 heterocycles. The van der Waals surface area contributed by atoms with Gasteiger partial charge >= 0.3 is 0 Å². The van der Waals surface area contributed by atoms with Crippen LogP contribution >= 0.6 is 0 Å². The van der Waals surface area contributed by atoms with Crippen molar-refractivity contribution < 1.29 is 4.79 Å². The third-order valence-corrected chi connectivity index (χ3v) is 4.20. The highest BCUT2D eigenvalue weighted by Crippen LogP contribution is 2.27. The van der Waals surface area contributed by atoms with Crippen LogP contribution in [0, 0.1) is 11.8 Å². The van der Waals surface area contributed by atoms with E-state index in [0.29, 0.717) is 0 Å². The first-order valence-electron chi connectivity index (χ1n) is 7.60. The second kappa shape index (κ2) is 7.78. The molecule has 0 spiro atoms. The van der Waals surface area contributed by atoms with Gasteiger partial charge in [-0.25, -0.2) is 0 Å². The summed E-state index contributed by atoms with van der Waals surface area (Å²) in [6.07, 6.45) is 5.37. The zero-order valence-corrected chi connectivity index (χ0v) is 12.5. The van der Waals surface area contributed by atoms with Crippen LogP contribution in [-0.4, -0.2) is 36.5 Å². The van der Waals surface area contributed by atoms with Crippen LogP contribution in [0.3, 0.4) is 0 Å². The highest BCUT2D eigenvalue weighted by molar-refractivity contribution is 5.81. The molecule has 3 heteroatoms. The van der Waals surface area contributed by atoms with Gasteiger partial charge in [-0.05, 0) is 52.0 Å². The summed E-state index contributed by atoms with van der Waals surface area (Å²) in [5, 5.41) is 3.43. The lowest BCUT2D eigenvalue weighted by molar-refractivity contribution is -0.132. The molecule has 0 aromatic carbocycles. The van der Waals surface area contributed by atoms with Crippen LogP contribution in [0.1, 0.15) is 53.4 Å². The first-order chi connectivity index (χ1) is 8.58. The Hall–Kier alpha value is -0.570. The standard InChI is InChI=1S/C15H30N2O/c1-5-17(6-2)15(18)13(4)16-11-14-9-7-8-12(3)10-14/h12-14,16H,5-11H2,1-4H3. The van der Waals surface area contributed by atoms with Gasteiger partial charge in [-0.1, -0.05) is 19.8 Å². The van der Waals surface area contributed by atoms with Gasteiger partial charge in [0.15, 0.2) is 0 Å². The van der Waals surface area contributed by atoms with Crippen molar-refractivity contribution in [1.82, 2.24) is 10.2 Å². The molecule has 0 saturated heterocycles. The van der Waals surface area contributed by atoms with E-state index in [1.165, 1.54) is 25.7 Å². The van der Waals surface area contributed by atoms with Gasteiger partial charge in [0.25, 0.3) is 0 Å². The van der Waals surface area contributed by atoms with Gasteiger partial charge in [0.1, 0.15) is 0 Å². The predicted octanol–water partition coefficient (Wildman–Crippen LogP) is 2.66. The third kappa shape index (κ3) is 4.60. The molecule has 3 unspecified atom stereocenters. The minimum atomic E-state index is -0.0397. The minimum absolute atomic E-state index is 0.0397. The number of likely N-dealkylation sites (N-methyl/N-ethyl adjacent to an activating group) is 1. The van der Waals surface area contributed by atoms with Gasteiger partial charge < -0.3 is 10.2 Å². The molecule has 3 nitrogen and oxygen atoms in total. The Bertz CT molecular complexity index is 251. The fraction of sp³-hybridized carbons (Fsp3) is 0.933. The molecule has 1 aliphatic rings. The number of nitrogens with zero attached hydrogens (tertiary/aromatic N) is 1. The van der Waals surface area contributed by atoms with Crippen molar-refractivity contribution >= 4 is 5.91 Å². The zero-order valence-electron chi connectivity index (χ0n) is 12.5. The van der Waals surface area contributed by atoms with Gasteiger partial charge in [0.2, 0.25) is 5.91 Å². The molecule has 1 rings (SSSR count). The van der Waals surface area contributed by atoms with E-state index in [1.54, 1.807) is 0 Å². The number of carbonyl (C=O) groups excluding carboxylic acids is 1. The van der Waals surface area contributed by atoms with Gasteiger partial charge in [-0.3, -0.25) is 4.79 Å². The number of hydrogen-bond acceptors (Lipinski definition) is 2. The van der Waals surface area contributed by atoms with Crippen LogP contribution in [0.15, 0.2) is 0 Å². The quantitative estimate of drug-likeness (QED) is 0.790. The maximum absolute atomic E-state index is 12.1. The monoisotopic (exact) mass is 254 g/mol. The van der Waals surface area contributed by atoms with E-state index in [1.807, 2.05) is 25.7 Å². The maximum atomic E-state index is 12.1. The maximum Gasteiger partial charge on any atom is 0.239 e. The number of rotatable bonds is 6. The summed E-state index contributed by atoms with van der Waals surface area (Å²) in [7, 11) is 0. The molecule has 1 aliphatic carbocycles. The lowest BCUT2D eigenvalue weighted by atomic mass is 9.82. The second-order valence-corrected chi connectivity index (χ2v) is 5.78. The Morgan fingerprint density at radius 2 is 2.00 bits per heavy atom. The molecule has 18 heavy (non-hydrogen) atoms. The van der Waals surface area contributed by atoms with E-state index in [9.17, 15) is 4.79 Å². The fourth-order valence-electron chi connectivity index (χ4n) is 2.99. The first-order valence-corrected chi connectivity index (χ1v) is 7.60. The highest BCUT2D eigenvalue weighted by atomic mass is 16.2. The van der Waals surface area contributed by atoms with Crippen LogP contribution in [-0.2, 0) is 4.79 Å². The predicted molar refractivity (Wildman–Crippen MR) is 76.5 cm³/mol. The number of amides is 1. The largest absolute Gasteiger partial charge is 0.342 e. The Kier molecular flexibility index (Phi) is 6.69. The summed E-state index contributed by atoms with van der Waals surface area (Å²) in [5.74, 6) is 1.86. The van der Waals surface area contributed by atoms with Crippen LogP contribution in [0.5, 0.6) is 0 Å². The van der Waals surface area contributed by atoms with E-state index in [-0.39, 0.29) is 11.9 Å². The van der Waals surface area contributed by atoms with E-state index in [4.69, 9.17) is 0 Å². The van der Waals surface area contributed by atoms with E-state index >= 15 is 0 Å². The molecule has 1 saturated carbocycles. The van der Waals surface area contributed by atoms with Crippen LogP contribution in [0.4, 0.5) is 0 Å². The molecule has 0 radical (unpaired) electrons. The Morgan fingerprint density at radius 3 is 2.56 bits per heavy atom. The summed E-state index contributed by atoms with van der Waals surface area (Å²) >= 11 is 0. The van der Waals surface area contributed by atoms with E-state index < -0.39 is 0 Å². The number of hydrogen-bond donors (Lipinski definition) is 1. The van der Waals surface area contributed by atoms with Gasteiger partial charge in [0.05, 0.1) is 6.04 Å². The summed E-state index contributed by atoms with van der Waals surface area (Å²) in [6, 6.07) is -0.0397. The van der Waals surface area contributed by atoms with Crippen molar-refractivity contribution in [3.63, 3.8) is 0 Å². The molecule has 1 N–H and O–H groups in total. The minimum Gasteiger partial charge on any atom is -0.342 e. The molecule has 3 atom stereocenters. The molecule has 0 aromatic heterocycles. The van der Waals surface area contributed by atoms with Crippen molar-refractivity contribution in [2.24, 2.45) is 11.8 Å². The molecule has 1 amide bonds. The van der Waals surface area contributed by atoms with Gasteiger partial charge in [-0.2, -0.15) is 0 Å². The SMILES string of the molecule is CCN(CC)C(=O)C(C)NCC1CCCC(C)C1. The van der Waals surface area contributed by atoms with E-state index in [0.717, 1.165) is 31.5 Å². The summed E-state index contributed by atoms with van der Waals surface area (Å²) in [6.45, 7) is 11.0. The molecule has 0 aliphatic heterocycles. The molecule has 0 aromatic rings. The average Bonchev–Trinajstić information content (AvgIpc) is 2.37. The average molecular weight is 254 g/mol. The fourth-order valence-corrected chi connectivity index (χ4v) is 2.99. The highest BCUT2D eigenvalue weighted by Gasteiger charge is 2.22. The van der Waals surface area contributed by atoms with Crippen molar-refractivity contribution in [2.75, 3.05) is 19.6 Å². The van der Waals surface area contributed by atoms with Crippen LogP contribution in [0.25, 0.3) is 0 Å². The zero-order chi connectivity index (χ0) is 13.5. The molecule has 106 valence electrons. The summed E-state index contributed by atoms with van der Waals surface area (Å²) < 4.78 is 0. The van der Waals surface area contributed by atoms with Crippen LogP contribution in [0.2, 0.25) is 0 Å². The summed E-state index contributed by atoms with van der Waals surface area (Å²) in [5.41, 5.74) is 0. The van der Waals surface area contributed by atoms with Gasteiger partial charge in [0, 0.05) is 13.1 Å². The lowest BCUT2D eigenvalue weighted by Crippen LogP contribution is -2.46. The lowest BCUT2D eigenvalue weighted by Gasteiger charge is -2.29. The first kappa shape index (κ1) is 15.5. The topological polar surface area (TPSA) is 32.3 Å². The number of nitrogens with one attached hydrogen (secondary N) is 1. The van der Waals surface area contributed by atoms with Crippen molar-refractivity contribution in [3.8, 4) is 0 Å². The normalized spacial score (nSPS) is 25.8. The van der Waals surface area contributed by atoms with Gasteiger partial charge in [-0.15, -0.1) is 0 Å². The smallest absolute Gasteiger partial charge is 0.239 e. The van der Waals surface area contributed by atoms with Crippen molar-refractivity contribution in [2.45, 2.75) is 59.4 Å². The molecule has 1 fully saturated rings. The van der Waals surface area contributed by atoms with Crippen LogP contribution < -0.4 is 5.32 Å². The second-order valence-electron chi connectivity index (χ2n) is 5.78. The Labute approximate surface area is 112 Å². The summed E-state index contributed by atoms with van der Waals surface area (Å²) in [4.78, 5) is 14.0. The van der Waals surface area contributed by atoms with E-state index in [2.05, 4.69) is 12.2 Å².